The third-order valence-electron chi connectivity index (χ3n) is 4.87. The first-order chi connectivity index (χ1) is 13.1. The number of aryl methyl sites for hydroxylation is 1. The highest BCUT2D eigenvalue weighted by Crippen LogP contribution is 2.34. The van der Waals surface area contributed by atoms with Crippen LogP contribution in [0.3, 0.4) is 0 Å². The number of oxazole rings is 1. The van der Waals surface area contributed by atoms with Gasteiger partial charge in [-0.3, -0.25) is 4.79 Å². The number of carbonyl (C=O) groups is 1. The van der Waals surface area contributed by atoms with E-state index < -0.39 is 0 Å². The van der Waals surface area contributed by atoms with E-state index in [2.05, 4.69) is 4.98 Å². The van der Waals surface area contributed by atoms with E-state index >= 15 is 0 Å². The van der Waals surface area contributed by atoms with E-state index in [-0.39, 0.29) is 5.91 Å². The molecule has 132 valence electrons. The van der Waals surface area contributed by atoms with Crippen molar-refractivity contribution in [2.75, 3.05) is 4.90 Å². The fraction of sp³-hybridized carbons (Fsp3) is 0.0909. The monoisotopic (exact) mass is 374 g/mol. The van der Waals surface area contributed by atoms with Crippen molar-refractivity contribution >= 4 is 34.3 Å². The van der Waals surface area contributed by atoms with Crippen molar-refractivity contribution < 1.29 is 9.21 Å². The van der Waals surface area contributed by atoms with E-state index in [1.54, 1.807) is 4.90 Å². The molecule has 5 heteroatoms. The van der Waals surface area contributed by atoms with Crippen LogP contribution in [0, 0.1) is 6.92 Å². The third kappa shape index (κ3) is 2.61. The van der Waals surface area contributed by atoms with E-state index in [9.17, 15) is 4.79 Å². The number of halogens is 1. The van der Waals surface area contributed by atoms with Gasteiger partial charge in [0.25, 0.3) is 5.91 Å². The summed E-state index contributed by atoms with van der Waals surface area (Å²) in [5, 5.41) is 0.632. The first kappa shape index (κ1) is 16.1. The molecule has 1 amide bonds. The molecule has 0 fully saturated rings. The third-order valence-corrected chi connectivity index (χ3v) is 5.10. The van der Waals surface area contributed by atoms with Gasteiger partial charge in [-0.2, -0.15) is 0 Å². The number of aromatic nitrogens is 1. The highest BCUT2D eigenvalue weighted by Gasteiger charge is 2.28. The maximum atomic E-state index is 12.8. The average Bonchev–Trinajstić information content (AvgIpc) is 3.24. The average molecular weight is 375 g/mol. The van der Waals surface area contributed by atoms with Crippen LogP contribution >= 0.6 is 11.6 Å². The van der Waals surface area contributed by atoms with E-state index in [4.69, 9.17) is 16.0 Å². The predicted molar refractivity (Wildman–Crippen MR) is 106 cm³/mol. The lowest BCUT2D eigenvalue weighted by Gasteiger charge is -2.16. The normalized spacial score (nSPS) is 13.4. The summed E-state index contributed by atoms with van der Waals surface area (Å²) < 4.78 is 5.97. The number of amides is 1. The number of anilines is 1. The Bertz CT molecular complexity index is 1210. The number of nitrogens with zero attached hydrogens (tertiary/aromatic N) is 2. The second kappa shape index (κ2) is 5.96. The maximum absolute atomic E-state index is 12.8. The molecule has 27 heavy (non-hydrogen) atoms. The molecular formula is C22H15ClN2O2. The van der Waals surface area contributed by atoms with Gasteiger partial charge in [0.05, 0.1) is 6.54 Å². The quantitative estimate of drug-likeness (QED) is 0.457. The van der Waals surface area contributed by atoms with Crippen LogP contribution in [0.2, 0.25) is 5.02 Å². The van der Waals surface area contributed by atoms with Crippen LogP contribution < -0.4 is 4.90 Å². The summed E-state index contributed by atoms with van der Waals surface area (Å²) in [5.74, 6) is 0.534. The molecular weight excluding hydrogens is 360 g/mol. The molecule has 0 radical (unpaired) electrons. The van der Waals surface area contributed by atoms with E-state index in [1.165, 1.54) is 0 Å². The summed E-state index contributed by atoms with van der Waals surface area (Å²) in [4.78, 5) is 19.2. The van der Waals surface area contributed by atoms with Crippen LogP contribution in [0.5, 0.6) is 0 Å². The highest BCUT2D eigenvalue weighted by molar-refractivity contribution is 6.30. The smallest absolute Gasteiger partial charge is 0.258 e. The lowest BCUT2D eigenvalue weighted by atomic mass is 10.1. The van der Waals surface area contributed by atoms with Gasteiger partial charge >= 0.3 is 0 Å². The molecule has 0 unspecified atom stereocenters. The Morgan fingerprint density at radius 3 is 2.74 bits per heavy atom. The molecule has 0 atom stereocenters. The molecule has 3 aromatic carbocycles. The van der Waals surface area contributed by atoms with Crippen LogP contribution in [0.1, 0.15) is 21.5 Å². The summed E-state index contributed by atoms with van der Waals surface area (Å²) in [6, 6.07) is 19.0. The standard InChI is InChI=1S/C22H15ClN2O2/c1-13-9-17(25-12-15-5-2-3-8-18(15)22(25)26)11-19-20(13)27-21(24-19)14-6-4-7-16(23)10-14/h2-11H,12H2,1H3. The van der Waals surface area contributed by atoms with Crippen molar-refractivity contribution in [1.82, 2.24) is 4.98 Å². The molecule has 0 N–H and O–H groups in total. The predicted octanol–water partition coefficient (Wildman–Crippen LogP) is 5.62. The molecule has 0 saturated carbocycles. The molecule has 1 aromatic heterocycles. The molecule has 0 bridgehead atoms. The summed E-state index contributed by atoms with van der Waals surface area (Å²) in [6.07, 6.45) is 0. The van der Waals surface area contributed by atoms with Gasteiger partial charge in [0.15, 0.2) is 5.58 Å². The Morgan fingerprint density at radius 1 is 1.07 bits per heavy atom. The molecule has 5 rings (SSSR count). The fourth-order valence-electron chi connectivity index (χ4n) is 3.55. The second-order valence-electron chi connectivity index (χ2n) is 6.69. The number of hydrogen-bond acceptors (Lipinski definition) is 3. The molecule has 4 aromatic rings. The Morgan fingerprint density at radius 2 is 1.93 bits per heavy atom. The molecule has 0 aliphatic carbocycles. The van der Waals surface area contributed by atoms with Crippen molar-refractivity contribution in [2.45, 2.75) is 13.5 Å². The molecule has 0 spiro atoms. The molecule has 1 aliphatic heterocycles. The lowest BCUT2D eigenvalue weighted by Crippen LogP contribution is -2.23. The zero-order chi connectivity index (χ0) is 18.5. The Hall–Kier alpha value is -3.11. The number of rotatable bonds is 2. The number of fused-ring (bicyclic) bond motifs is 2. The molecule has 4 nitrogen and oxygen atoms in total. The minimum Gasteiger partial charge on any atom is -0.436 e. The summed E-state index contributed by atoms with van der Waals surface area (Å²) in [6.45, 7) is 2.53. The highest BCUT2D eigenvalue weighted by atomic mass is 35.5. The van der Waals surface area contributed by atoms with Crippen molar-refractivity contribution in [1.29, 1.82) is 0 Å². The van der Waals surface area contributed by atoms with Gasteiger partial charge in [0, 0.05) is 21.8 Å². The molecule has 0 saturated heterocycles. The largest absolute Gasteiger partial charge is 0.436 e. The van der Waals surface area contributed by atoms with Crippen molar-refractivity contribution in [2.24, 2.45) is 0 Å². The van der Waals surface area contributed by atoms with Crippen LogP contribution in [-0.4, -0.2) is 10.9 Å². The van der Waals surface area contributed by atoms with E-state index in [1.807, 2.05) is 67.6 Å². The van der Waals surface area contributed by atoms with Gasteiger partial charge in [-0.05, 0) is 54.4 Å². The van der Waals surface area contributed by atoms with Crippen molar-refractivity contribution in [3.8, 4) is 11.5 Å². The van der Waals surface area contributed by atoms with Gasteiger partial charge in [-0.25, -0.2) is 4.98 Å². The SMILES string of the molecule is Cc1cc(N2Cc3ccccc3C2=O)cc2nc(-c3cccc(Cl)c3)oc12. The second-order valence-corrected chi connectivity index (χ2v) is 7.13. The first-order valence-electron chi connectivity index (χ1n) is 8.67. The minimum atomic E-state index is 0.0166. The fourth-order valence-corrected chi connectivity index (χ4v) is 3.74. The van der Waals surface area contributed by atoms with Gasteiger partial charge in [0.2, 0.25) is 5.89 Å². The van der Waals surface area contributed by atoms with E-state index in [0.29, 0.717) is 17.5 Å². The zero-order valence-electron chi connectivity index (χ0n) is 14.6. The number of benzene rings is 3. The minimum absolute atomic E-state index is 0.0166. The van der Waals surface area contributed by atoms with Gasteiger partial charge in [-0.1, -0.05) is 35.9 Å². The Balaban J connectivity index is 1.59. The van der Waals surface area contributed by atoms with Gasteiger partial charge in [-0.15, -0.1) is 0 Å². The number of hydrogen-bond donors (Lipinski definition) is 0. The van der Waals surface area contributed by atoms with Gasteiger partial charge < -0.3 is 9.32 Å². The molecule has 2 heterocycles. The lowest BCUT2D eigenvalue weighted by molar-refractivity contribution is 0.0996. The Kier molecular flexibility index (Phi) is 3.55. The number of carbonyl (C=O) groups excluding carboxylic acids is 1. The van der Waals surface area contributed by atoms with Gasteiger partial charge in [0.1, 0.15) is 5.52 Å². The van der Waals surface area contributed by atoms with Crippen LogP contribution in [0.15, 0.2) is 65.1 Å². The Labute approximate surface area is 161 Å². The maximum Gasteiger partial charge on any atom is 0.258 e. The van der Waals surface area contributed by atoms with Crippen molar-refractivity contribution in [3.05, 3.63) is 82.4 Å². The van der Waals surface area contributed by atoms with Crippen molar-refractivity contribution in [3.63, 3.8) is 0 Å². The van der Waals surface area contributed by atoms with E-state index in [0.717, 1.165) is 39.0 Å². The zero-order valence-corrected chi connectivity index (χ0v) is 15.3. The topological polar surface area (TPSA) is 46.3 Å². The first-order valence-corrected chi connectivity index (χ1v) is 9.05. The summed E-state index contributed by atoms with van der Waals surface area (Å²) in [7, 11) is 0. The van der Waals surface area contributed by atoms with Crippen LogP contribution in [-0.2, 0) is 6.54 Å². The summed E-state index contributed by atoms with van der Waals surface area (Å²) >= 11 is 6.08. The van der Waals surface area contributed by atoms with Crippen LogP contribution in [0.25, 0.3) is 22.6 Å². The molecule has 1 aliphatic rings. The summed E-state index contributed by atoms with van der Waals surface area (Å²) in [5.41, 5.74) is 5.83. The van der Waals surface area contributed by atoms with Crippen LogP contribution in [0.4, 0.5) is 5.69 Å².